The van der Waals surface area contributed by atoms with Crippen LogP contribution >= 0.6 is 0 Å². The Bertz CT molecular complexity index is 4530. The van der Waals surface area contributed by atoms with Gasteiger partial charge in [0, 0.05) is 50.7 Å². The lowest BCUT2D eigenvalue weighted by Gasteiger charge is -2.52. The van der Waals surface area contributed by atoms with E-state index in [0.717, 1.165) is 24.2 Å². The van der Waals surface area contributed by atoms with Crippen molar-refractivity contribution >= 4 is 68.6 Å². The van der Waals surface area contributed by atoms with Crippen molar-refractivity contribution in [3.05, 3.63) is 282 Å². The molecule has 4 aliphatic rings. The largest absolute Gasteiger partial charge is 0.330 e. The Labute approximate surface area is 523 Å². The molecule has 0 amide bonds. The van der Waals surface area contributed by atoms with Gasteiger partial charge in [-0.3, -0.25) is 0 Å². The smallest absolute Gasteiger partial charge is 0.252 e. The summed E-state index contributed by atoms with van der Waals surface area (Å²) in [5.41, 5.74) is 30.2. The zero-order chi connectivity index (χ0) is 60.6. The molecule has 88 heavy (non-hydrogen) atoms. The molecule has 3 nitrogen and oxygen atoms in total. The number of hydrogen-bond donors (Lipinski definition) is 0. The van der Waals surface area contributed by atoms with Gasteiger partial charge in [0.05, 0.1) is 16.9 Å². The molecule has 11 aromatic rings. The molecule has 0 N–H and O–H groups in total. The van der Waals surface area contributed by atoms with Crippen LogP contribution in [0.5, 0.6) is 0 Å². The van der Waals surface area contributed by atoms with Crippen molar-refractivity contribution in [2.75, 3.05) is 14.7 Å². The second-order valence-corrected chi connectivity index (χ2v) is 28.9. The fourth-order valence-electron chi connectivity index (χ4n) is 15.5. The molecule has 0 saturated heterocycles. The highest BCUT2D eigenvalue weighted by Crippen LogP contribution is 2.65. The SMILES string of the molecule is CC(C)(C)c1ccc2c(c1)B1c3cc(-c4ccccc4)ccc3N(c3ccc(C(C)(C)C)cc3-c3ccccc3)c3cc(N4c5ccc(-c6ccccc6)cc5C5(C)CCc6ccccc6C45C)cc(c31)N2c1ccc(C(C)(C)C)cc1-c1ccccc1. The lowest BCUT2D eigenvalue weighted by atomic mass is 9.33. The first kappa shape index (κ1) is 55.5. The van der Waals surface area contributed by atoms with E-state index in [-0.39, 0.29) is 28.4 Å². The van der Waals surface area contributed by atoms with Crippen molar-refractivity contribution < 1.29 is 0 Å². The maximum absolute atomic E-state index is 2.80. The van der Waals surface area contributed by atoms with Crippen molar-refractivity contribution in [1.82, 2.24) is 0 Å². The van der Waals surface area contributed by atoms with Crippen LogP contribution in [0.2, 0.25) is 0 Å². The molecule has 15 rings (SSSR count). The van der Waals surface area contributed by atoms with E-state index in [9.17, 15) is 0 Å². The predicted octanol–water partition coefficient (Wildman–Crippen LogP) is 20.6. The van der Waals surface area contributed by atoms with E-state index < -0.39 is 5.54 Å². The minimum absolute atomic E-state index is 0.0881. The van der Waals surface area contributed by atoms with E-state index in [1.807, 2.05) is 0 Å². The molecule has 4 heteroatoms. The molecule has 0 bridgehead atoms. The quantitative estimate of drug-likeness (QED) is 0.147. The van der Waals surface area contributed by atoms with Crippen LogP contribution in [0.3, 0.4) is 0 Å². The maximum Gasteiger partial charge on any atom is 0.252 e. The van der Waals surface area contributed by atoms with E-state index in [4.69, 9.17) is 0 Å². The third-order valence-electron chi connectivity index (χ3n) is 20.6. The minimum atomic E-state index is -0.492. The molecule has 2 atom stereocenters. The first-order valence-electron chi connectivity index (χ1n) is 31.9. The zero-order valence-electron chi connectivity index (χ0n) is 53.0. The number of rotatable bonds is 7. The average Bonchev–Trinajstić information content (AvgIpc) is 1.31. The Kier molecular flexibility index (Phi) is 12.7. The van der Waals surface area contributed by atoms with Crippen molar-refractivity contribution in [1.29, 1.82) is 0 Å². The molecule has 11 aromatic carbocycles. The molecule has 0 aromatic heterocycles. The Hall–Kier alpha value is -9.12. The summed E-state index contributed by atoms with van der Waals surface area (Å²) in [6.45, 7) is 26.1. The third-order valence-corrected chi connectivity index (χ3v) is 20.6. The highest BCUT2D eigenvalue weighted by atomic mass is 15.3. The average molecular weight is 1140 g/mol. The Morgan fingerprint density at radius 1 is 0.341 bits per heavy atom. The molecule has 3 heterocycles. The van der Waals surface area contributed by atoms with Gasteiger partial charge in [0.15, 0.2) is 0 Å². The van der Waals surface area contributed by atoms with Gasteiger partial charge in [-0.2, -0.15) is 0 Å². The second-order valence-electron chi connectivity index (χ2n) is 28.9. The zero-order valence-corrected chi connectivity index (χ0v) is 53.0. The molecule has 3 aliphatic heterocycles. The van der Waals surface area contributed by atoms with Gasteiger partial charge in [0.25, 0.3) is 6.71 Å². The van der Waals surface area contributed by atoms with Gasteiger partial charge in [-0.05, 0) is 180 Å². The molecular formula is C84H78BN3. The van der Waals surface area contributed by atoms with Gasteiger partial charge in [-0.25, -0.2) is 0 Å². The normalized spacial score (nSPS) is 17.4. The monoisotopic (exact) mass is 1140 g/mol. The van der Waals surface area contributed by atoms with Crippen LogP contribution in [-0.2, 0) is 33.6 Å². The maximum atomic E-state index is 2.80. The van der Waals surface area contributed by atoms with Crippen molar-refractivity contribution in [2.45, 2.75) is 116 Å². The number of anilines is 8. The molecule has 0 spiro atoms. The summed E-state index contributed by atoms with van der Waals surface area (Å²) in [5, 5.41) is 0. The molecule has 0 fully saturated rings. The van der Waals surface area contributed by atoms with Gasteiger partial charge < -0.3 is 14.7 Å². The predicted molar refractivity (Wildman–Crippen MR) is 376 cm³/mol. The van der Waals surface area contributed by atoms with E-state index in [0.29, 0.717) is 0 Å². The van der Waals surface area contributed by atoms with E-state index in [1.165, 1.54) is 128 Å². The molecular weight excluding hydrogens is 1060 g/mol. The summed E-state index contributed by atoms with van der Waals surface area (Å²) in [6, 6.07) is 95.7. The fraction of sp³-hybridized carbons (Fsp3) is 0.214. The van der Waals surface area contributed by atoms with E-state index in [2.05, 4.69) is 340 Å². The summed E-state index contributed by atoms with van der Waals surface area (Å²) in [7, 11) is 0. The first-order chi connectivity index (χ1) is 42.3. The highest BCUT2D eigenvalue weighted by Gasteiger charge is 2.60. The summed E-state index contributed by atoms with van der Waals surface area (Å²) in [5.74, 6) is 0. The lowest BCUT2D eigenvalue weighted by molar-refractivity contribution is 0.245. The number of nitrogens with zero attached hydrogens (tertiary/aromatic N) is 3. The van der Waals surface area contributed by atoms with Crippen LogP contribution < -0.4 is 31.1 Å². The van der Waals surface area contributed by atoms with Gasteiger partial charge >= 0.3 is 0 Å². The van der Waals surface area contributed by atoms with Crippen molar-refractivity contribution in [2.24, 2.45) is 0 Å². The molecule has 1 aliphatic carbocycles. The Morgan fingerprint density at radius 3 is 1.25 bits per heavy atom. The van der Waals surface area contributed by atoms with Crippen molar-refractivity contribution in [3.8, 4) is 44.5 Å². The molecule has 2 unspecified atom stereocenters. The van der Waals surface area contributed by atoms with Crippen LogP contribution in [0, 0.1) is 0 Å². The van der Waals surface area contributed by atoms with Crippen LogP contribution in [0.1, 0.15) is 116 Å². The minimum Gasteiger partial charge on any atom is -0.330 e. The fourth-order valence-corrected chi connectivity index (χ4v) is 15.5. The molecule has 432 valence electrons. The van der Waals surface area contributed by atoms with Gasteiger partial charge in [-0.1, -0.05) is 257 Å². The Morgan fingerprint density at radius 2 is 0.750 bits per heavy atom. The third kappa shape index (κ3) is 8.68. The van der Waals surface area contributed by atoms with Crippen LogP contribution in [0.15, 0.2) is 249 Å². The van der Waals surface area contributed by atoms with Gasteiger partial charge in [0.2, 0.25) is 0 Å². The summed E-state index contributed by atoms with van der Waals surface area (Å²) in [4.78, 5) is 8.17. The second kappa shape index (κ2) is 20.2. The standard InChI is InChI=1S/C84H78BN3/c1-80(2,3)62-38-43-72(66(50-62)57-30-20-14-21-31-57)86-75-42-37-61(56-28-18-13-19-29-56)49-70(75)85-71-52-64(82(7,8)9)40-45-76(71)87(73-44-39-63(81(4,5)6)51-67(73)58-32-22-15-23-33-58)78-54-65(53-77(86)79(78)85)88-74-41-36-60(55-26-16-12-17-27-55)48-69(74)83(10)47-46-59-34-24-25-35-68(59)84(83,88)11/h12-45,48-54H,46-47H2,1-11H3. The summed E-state index contributed by atoms with van der Waals surface area (Å²) >= 11 is 0. The lowest BCUT2D eigenvalue weighted by Crippen LogP contribution is -2.61. The summed E-state index contributed by atoms with van der Waals surface area (Å²) < 4.78 is 0. The number of hydrogen-bond acceptors (Lipinski definition) is 3. The van der Waals surface area contributed by atoms with Crippen LogP contribution in [0.25, 0.3) is 44.5 Å². The van der Waals surface area contributed by atoms with Gasteiger partial charge in [0.1, 0.15) is 0 Å². The van der Waals surface area contributed by atoms with Crippen LogP contribution in [0.4, 0.5) is 45.5 Å². The molecule has 0 saturated carbocycles. The van der Waals surface area contributed by atoms with Gasteiger partial charge in [-0.15, -0.1) is 0 Å². The summed E-state index contributed by atoms with van der Waals surface area (Å²) in [6.07, 6.45) is 2.03. The first-order valence-corrected chi connectivity index (χ1v) is 31.9. The van der Waals surface area contributed by atoms with Crippen molar-refractivity contribution in [3.63, 3.8) is 0 Å². The topological polar surface area (TPSA) is 9.72 Å². The van der Waals surface area contributed by atoms with Crippen LogP contribution in [-0.4, -0.2) is 6.71 Å². The Balaban J connectivity index is 1.12. The highest BCUT2D eigenvalue weighted by molar-refractivity contribution is 7.00. The molecule has 0 radical (unpaired) electrons. The van der Waals surface area contributed by atoms with E-state index >= 15 is 0 Å². The number of fused-ring (bicyclic) bond motifs is 9. The van der Waals surface area contributed by atoms with E-state index in [1.54, 1.807) is 0 Å². The number of benzene rings is 11. The number of aryl methyl sites for hydroxylation is 1.